The fourth-order valence-electron chi connectivity index (χ4n) is 3.88. The zero-order valence-corrected chi connectivity index (χ0v) is 20.5. The van der Waals surface area contributed by atoms with Crippen molar-refractivity contribution in [2.45, 2.75) is 46.1 Å². The molecular formula is C27H35N3O3. The minimum absolute atomic E-state index is 0.0749. The number of ether oxygens (including phenoxy) is 1. The van der Waals surface area contributed by atoms with Crippen molar-refractivity contribution in [3.05, 3.63) is 71.4 Å². The monoisotopic (exact) mass is 449 g/mol. The predicted molar refractivity (Wildman–Crippen MR) is 132 cm³/mol. The fourth-order valence-corrected chi connectivity index (χ4v) is 3.88. The molecule has 0 fully saturated rings. The SMILES string of the molecule is CCN(CC)C(CNC(=O)c1cc(-c2ccc(OC)cc2)on1)c1ccc(C(C)(C)C)cc1. The number of amides is 1. The molecule has 0 aliphatic heterocycles. The lowest BCUT2D eigenvalue weighted by Crippen LogP contribution is -2.38. The molecule has 0 saturated carbocycles. The van der Waals surface area contributed by atoms with Gasteiger partial charge in [0.1, 0.15) is 5.75 Å². The Morgan fingerprint density at radius 2 is 1.70 bits per heavy atom. The number of methoxy groups -OCH3 is 1. The number of hydrogen-bond acceptors (Lipinski definition) is 5. The van der Waals surface area contributed by atoms with E-state index in [1.807, 2.05) is 24.3 Å². The molecule has 0 aliphatic carbocycles. The predicted octanol–water partition coefficient (Wildman–Crippen LogP) is 5.46. The van der Waals surface area contributed by atoms with Gasteiger partial charge < -0.3 is 14.6 Å². The Bertz CT molecular complexity index is 1030. The molecule has 0 spiro atoms. The molecule has 1 amide bonds. The summed E-state index contributed by atoms with van der Waals surface area (Å²) in [6.45, 7) is 13.2. The summed E-state index contributed by atoms with van der Waals surface area (Å²) in [4.78, 5) is 15.2. The van der Waals surface area contributed by atoms with Crippen LogP contribution in [0.3, 0.4) is 0 Å². The van der Waals surface area contributed by atoms with E-state index in [0.717, 1.165) is 24.4 Å². The maximum Gasteiger partial charge on any atom is 0.273 e. The van der Waals surface area contributed by atoms with E-state index >= 15 is 0 Å². The molecule has 33 heavy (non-hydrogen) atoms. The zero-order valence-electron chi connectivity index (χ0n) is 20.5. The molecule has 0 aliphatic rings. The van der Waals surface area contributed by atoms with Crippen LogP contribution >= 0.6 is 0 Å². The van der Waals surface area contributed by atoms with Crippen molar-refractivity contribution in [3.8, 4) is 17.1 Å². The van der Waals surface area contributed by atoms with E-state index in [9.17, 15) is 4.79 Å². The van der Waals surface area contributed by atoms with Gasteiger partial charge in [-0.1, -0.05) is 64.0 Å². The molecule has 6 nitrogen and oxygen atoms in total. The van der Waals surface area contributed by atoms with E-state index in [4.69, 9.17) is 9.26 Å². The third-order valence-electron chi connectivity index (χ3n) is 5.99. The van der Waals surface area contributed by atoms with Crippen molar-refractivity contribution in [1.82, 2.24) is 15.4 Å². The minimum atomic E-state index is -0.248. The number of rotatable bonds is 9. The number of aromatic nitrogens is 1. The molecule has 0 bridgehead atoms. The van der Waals surface area contributed by atoms with Crippen LogP contribution in [-0.4, -0.2) is 42.7 Å². The highest BCUT2D eigenvalue weighted by molar-refractivity contribution is 5.93. The molecule has 2 aromatic carbocycles. The van der Waals surface area contributed by atoms with Crippen LogP contribution in [0.5, 0.6) is 5.75 Å². The van der Waals surface area contributed by atoms with Crippen LogP contribution in [0.2, 0.25) is 0 Å². The Labute approximate surface area is 196 Å². The Hall–Kier alpha value is -3.12. The highest BCUT2D eigenvalue weighted by Crippen LogP contribution is 2.27. The molecule has 1 aromatic heterocycles. The Morgan fingerprint density at radius 3 is 2.24 bits per heavy atom. The quantitative estimate of drug-likeness (QED) is 0.470. The van der Waals surface area contributed by atoms with Crippen LogP contribution in [0.4, 0.5) is 0 Å². The first kappa shape index (κ1) is 24.5. The maximum absolute atomic E-state index is 12.8. The van der Waals surface area contributed by atoms with Crippen molar-refractivity contribution >= 4 is 5.91 Å². The van der Waals surface area contributed by atoms with Crippen LogP contribution in [0.1, 0.15) is 62.3 Å². The molecule has 3 rings (SSSR count). The average molecular weight is 450 g/mol. The normalized spacial score (nSPS) is 12.6. The third kappa shape index (κ3) is 6.02. The highest BCUT2D eigenvalue weighted by Gasteiger charge is 2.22. The van der Waals surface area contributed by atoms with Gasteiger partial charge in [0, 0.05) is 18.2 Å². The Morgan fingerprint density at radius 1 is 1.06 bits per heavy atom. The molecule has 1 heterocycles. The van der Waals surface area contributed by atoms with Gasteiger partial charge in [-0.05, 0) is 53.9 Å². The summed E-state index contributed by atoms with van der Waals surface area (Å²) in [5, 5.41) is 7.03. The highest BCUT2D eigenvalue weighted by atomic mass is 16.5. The second-order valence-electron chi connectivity index (χ2n) is 9.12. The molecule has 1 N–H and O–H groups in total. The molecule has 1 unspecified atom stereocenters. The standard InChI is InChI=1S/C27H35N3O3/c1-7-30(8-2)24(19-9-13-21(14-10-19)27(3,4)5)18-28-26(31)23-17-25(33-29-23)20-11-15-22(32-6)16-12-20/h9-17,24H,7-8,18H2,1-6H3,(H,28,31). The number of nitrogens with one attached hydrogen (secondary N) is 1. The molecular weight excluding hydrogens is 414 g/mol. The van der Waals surface area contributed by atoms with E-state index in [1.165, 1.54) is 11.1 Å². The first-order valence-electron chi connectivity index (χ1n) is 11.5. The van der Waals surface area contributed by atoms with Crippen LogP contribution in [0, 0.1) is 0 Å². The lowest BCUT2D eigenvalue weighted by molar-refractivity contribution is 0.0926. The third-order valence-corrected chi connectivity index (χ3v) is 5.99. The van der Waals surface area contributed by atoms with Gasteiger partial charge in [0.05, 0.1) is 13.2 Å². The van der Waals surface area contributed by atoms with Crippen LogP contribution in [0.15, 0.2) is 59.1 Å². The largest absolute Gasteiger partial charge is 0.497 e. The second kappa shape index (κ2) is 10.7. The van der Waals surface area contributed by atoms with Gasteiger partial charge >= 0.3 is 0 Å². The van der Waals surface area contributed by atoms with E-state index in [2.05, 4.69) is 74.3 Å². The summed E-state index contributed by atoms with van der Waals surface area (Å²) < 4.78 is 10.6. The van der Waals surface area contributed by atoms with Gasteiger partial charge in [0.25, 0.3) is 5.91 Å². The minimum Gasteiger partial charge on any atom is -0.497 e. The van der Waals surface area contributed by atoms with E-state index in [0.29, 0.717) is 12.3 Å². The molecule has 0 saturated heterocycles. The first-order valence-corrected chi connectivity index (χ1v) is 11.5. The summed E-state index contributed by atoms with van der Waals surface area (Å²) in [5.41, 5.74) is 3.68. The lowest BCUT2D eigenvalue weighted by atomic mass is 9.86. The summed E-state index contributed by atoms with van der Waals surface area (Å²) in [7, 11) is 1.62. The molecule has 1 atom stereocenters. The topological polar surface area (TPSA) is 67.6 Å². The number of nitrogens with zero attached hydrogens (tertiary/aromatic N) is 2. The van der Waals surface area contributed by atoms with Crippen LogP contribution in [0.25, 0.3) is 11.3 Å². The number of hydrogen-bond donors (Lipinski definition) is 1. The van der Waals surface area contributed by atoms with Crippen molar-refractivity contribution < 1.29 is 14.1 Å². The van der Waals surface area contributed by atoms with Crippen molar-refractivity contribution in [2.24, 2.45) is 0 Å². The molecule has 3 aromatic rings. The van der Waals surface area contributed by atoms with Gasteiger partial charge in [0.2, 0.25) is 0 Å². The van der Waals surface area contributed by atoms with Crippen molar-refractivity contribution in [3.63, 3.8) is 0 Å². The van der Waals surface area contributed by atoms with E-state index in [-0.39, 0.29) is 23.1 Å². The Kier molecular flexibility index (Phi) is 7.92. The van der Waals surface area contributed by atoms with Crippen LogP contribution < -0.4 is 10.1 Å². The van der Waals surface area contributed by atoms with E-state index < -0.39 is 0 Å². The van der Waals surface area contributed by atoms with Gasteiger partial charge in [0.15, 0.2) is 11.5 Å². The summed E-state index contributed by atoms with van der Waals surface area (Å²) >= 11 is 0. The van der Waals surface area contributed by atoms with Gasteiger partial charge in [-0.3, -0.25) is 9.69 Å². The molecule has 6 heteroatoms. The summed E-state index contributed by atoms with van der Waals surface area (Å²) in [6.07, 6.45) is 0. The first-order chi connectivity index (χ1) is 15.8. The summed E-state index contributed by atoms with van der Waals surface area (Å²) in [6, 6.07) is 17.9. The number of benzene rings is 2. The number of carbonyl (C=O) groups is 1. The van der Waals surface area contributed by atoms with Gasteiger partial charge in [-0.15, -0.1) is 0 Å². The molecule has 0 radical (unpaired) electrons. The number of likely N-dealkylation sites (N-methyl/N-ethyl adjacent to an activating group) is 1. The fraction of sp³-hybridized carbons (Fsp3) is 0.407. The Balaban J connectivity index is 1.72. The molecule has 176 valence electrons. The maximum atomic E-state index is 12.8. The summed E-state index contributed by atoms with van der Waals surface area (Å²) in [5.74, 6) is 1.05. The van der Waals surface area contributed by atoms with Crippen molar-refractivity contribution in [2.75, 3.05) is 26.7 Å². The van der Waals surface area contributed by atoms with Gasteiger partial charge in [-0.25, -0.2) is 0 Å². The number of carbonyl (C=O) groups excluding carboxylic acids is 1. The zero-order chi connectivity index (χ0) is 24.0. The van der Waals surface area contributed by atoms with Crippen LogP contribution in [-0.2, 0) is 5.41 Å². The second-order valence-corrected chi connectivity index (χ2v) is 9.12. The van der Waals surface area contributed by atoms with Gasteiger partial charge in [-0.2, -0.15) is 0 Å². The lowest BCUT2D eigenvalue weighted by Gasteiger charge is -2.31. The van der Waals surface area contributed by atoms with E-state index in [1.54, 1.807) is 13.2 Å². The average Bonchev–Trinajstić information content (AvgIpc) is 3.32. The smallest absolute Gasteiger partial charge is 0.273 e. The van der Waals surface area contributed by atoms with Crippen molar-refractivity contribution in [1.29, 1.82) is 0 Å².